The van der Waals surface area contributed by atoms with Gasteiger partial charge in [0.15, 0.2) is 0 Å². The summed E-state index contributed by atoms with van der Waals surface area (Å²) >= 11 is 0. The van der Waals surface area contributed by atoms with E-state index in [2.05, 4.69) is 35.0 Å². The molecule has 0 spiro atoms. The smallest absolute Gasteiger partial charge is 0.262 e. The second kappa shape index (κ2) is 8.69. The van der Waals surface area contributed by atoms with Crippen molar-refractivity contribution in [1.82, 2.24) is 15.5 Å². The van der Waals surface area contributed by atoms with Gasteiger partial charge in [-0.25, -0.2) is 0 Å². The average Bonchev–Trinajstić information content (AvgIpc) is 3.01. The highest BCUT2D eigenvalue weighted by atomic mass is 16.2. The minimum Gasteiger partial charge on any atom is -0.381 e. The number of nitrogens with zero attached hydrogens (tertiary/aromatic N) is 1. The number of amides is 4. The van der Waals surface area contributed by atoms with Crippen molar-refractivity contribution in [3.05, 3.63) is 64.7 Å². The predicted molar refractivity (Wildman–Crippen MR) is 114 cm³/mol. The maximum atomic E-state index is 12.9. The molecule has 0 aromatic heterocycles. The molecule has 2 heterocycles. The largest absolute Gasteiger partial charge is 0.381 e. The van der Waals surface area contributed by atoms with Crippen molar-refractivity contribution < 1.29 is 19.2 Å². The van der Waals surface area contributed by atoms with E-state index >= 15 is 0 Å². The lowest BCUT2D eigenvalue weighted by Gasteiger charge is -2.27. The van der Waals surface area contributed by atoms with Crippen LogP contribution in [0.25, 0.3) is 0 Å². The summed E-state index contributed by atoms with van der Waals surface area (Å²) in [6.45, 7) is 4.23. The first kappa shape index (κ1) is 20.7. The first-order valence-corrected chi connectivity index (χ1v) is 10.4. The van der Waals surface area contributed by atoms with Crippen LogP contribution in [0.4, 0.5) is 5.69 Å². The van der Waals surface area contributed by atoms with Crippen LogP contribution in [-0.2, 0) is 22.7 Å². The summed E-state index contributed by atoms with van der Waals surface area (Å²) in [7, 11) is 0. The van der Waals surface area contributed by atoms with Gasteiger partial charge in [-0.3, -0.25) is 29.4 Å². The molecule has 0 bridgehead atoms. The number of anilines is 1. The lowest BCUT2D eigenvalue weighted by molar-refractivity contribution is -0.136. The Morgan fingerprint density at radius 1 is 0.968 bits per heavy atom. The van der Waals surface area contributed by atoms with Gasteiger partial charge < -0.3 is 10.6 Å². The van der Waals surface area contributed by atoms with Gasteiger partial charge in [-0.15, -0.1) is 0 Å². The number of carbonyl (C=O) groups is 4. The second-order valence-corrected chi connectivity index (χ2v) is 7.66. The molecule has 2 aliphatic rings. The Bertz CT molecular complexity index is 1070. The van der Waals surface area contributed by atoms with Gasteiger partial charge >= 0.3 is 0 Å². The molecular formula is C23H24N4O4. The lowest BCUT2D eigenvalue weighted by atomic mass is 10.0. The van der Waals surface area contributed by atoms with Crippen molar-refractivity contribution in [2.24, 2.45) is 0 Å². The van der Waals surface area contributed by atoms with Crippen LogP contribution in [0.15, 0.2) is 42.5 Å². The van der Waals surface area contributed by atoms with Crippen LogP contribution in [0.1, 0.15) is 51.6 Å². The molecule has 0 saturated carbocycles. The van der Waals surface area contributed by atoms with E-state index in [-0.39, 0.29) is 29.9 Å². The molecule has 1 unspecified atom stereocenters. The van der Waals surface area contributed by atoms with E-state index in [1.165, 1.54) is 5.56 Å². The number of carbonyl (C=O) groups excluding carboxylic acids is 4. The number of hydrogen-bond acceptors (Lipinski definition) is 6. The number of hydrogen-bond donors (Lipinski definition) is 3. The van der Waals surface area contributed by atoms with Crippen molar-refractivity contribution in [3.8, 4) is 0 Å². The van der Waals surface area contributed by atoms with E-state index < -0.39 is 23.8 Å². The summed E-state index contributed by atoms with van der Waals surface area (Å²) in [5.74, 6) is -1.99. The maximum absolute atomic E-state index is 12.9. The molecule has 2 aliphatic heterocycles. The van der Waals surface area contributed by atoms with Crippen LogP contribution < -0.4 is 16.0 Å². The van der Waals surface area contributed by atoms with Gasteiger partial charge in [0.2, 0.25) is 11.8 Å². The average molecular weight is 420 g/mol. The number of imide groups is 2. The van der Waals surface area contributed by atoms with Crippen molar-refractivity contribution >= 4 is 29.3 Å². The fraction of sp³-hybridized carbons (Fsp3) is 0.304. The zero-order valence-electron chi connectivity index (χ0n) is 17.2. The van der Waals surface area contributed by atoms with E-state index in [0.717, 1.165) is 29.2 Å². The molecule has 2 aromatic rings. The number of rotatable bonds is 7. The van der Waals surface area contributed by atoms with Crippen LogP contribution in [0.5, 0.6) is 0 Å². The summed E-state index contributed by atoms with van der Waals surface area (Å²) < 4.78 is 0. The first-order chi connectivity index (χ1) is 15.0. The molecule has 8 heteroatoms. The number of piperidine rings is 1. The van der Waals surface area contributed by atoms with E-state index in [0.29, 0.717) is 6.54 Å². The van der Waals surface area contributed by atoms with E-state index in [1.807, 2.05) is 12.1 Å². The number of benzene rings is 2. The van der Waals surface area contributed by atoms with Crippen molar-refractivity contribution in [2.45, 2.75) is 38.9 Å². The Morgan fingerprint density at radius 2 is 1.74 bits per heavy atom. The number of nitrogens with one attached hydrogen (secondary N) is 3. The Morgan fingerprint density at radius 3 is 2.52 bits per heavy atom. The van der Waals surface area contributed by atoms with E-state index in [1.54, 1.807) is 18.2 Å². The monoisotopic (exact) mass is 420 g/mol. The molecule has 1 saturated heterocycles. The van der Waals surface area contributed by atoms with Crippen molar-refractivity contribution in [2.75, 3.05) is 11.9 Å². The molecule has 0 radical (unpaired) electrons. The summed E-state index contributed by atoms with van der Waals surface area (Å²) in [5.41, 5.74) is 3.55. The highest BCUT2D eigenvalue weighted by molar-refractivity contribution is 6.23. The van der Waals surface area contributed by atoms with E-state index in [9.17, 15) is 19.2 Å². The highest BCUT2D eigenvalue weighted by Gasteiger charge is 2.44. The Labute approximate surface area is 180 Å². The zero-order valence-corrected chi connectivity index (χ0v) is 17.2. The standard InChI is InChI=1S/C23H24N4O4/c1-2-24-12-14-4-3-5-16(10-14)25-13-15-6-7-17-18(11-15)23(31)27(22(17)30)19-8-9-20(28)26-21(19)29/h3-7,10-11,19,24-25H,2,8-9,12-13H2,1H3,(H,26,28,29). The van der Waals surface area contributed by atoms with Gasteiger partial charge in [-0.2, -0.15) is 0 Å². The molecule has 2 aromatic carbocycles. The fourth-order valence-corrected chi connectivity index (χ4v) is 3.89. The highest BCUT2D eigenvalue weighted by Crippen LogP contribution is 2.28. The van der Waals surface area contributed by atoms with Crippen LogP contribution >= 0.6 is 0 Å². The maximum Gasteiger partial charge on any atom is 0.262 e. The molecule has 0 aliphatic carbocycles. The summed E-state index contributed by atoms with van der Waals surface area (Å²) in [6.07, 6.45) is 0.250. The van der Waals surface area contributed by atoms with Gasteiger partial charge in [0.25, 0.3) is 11.8 Å². The molecule has 1 atom stereocenters. The summed E-state index contributed by atoms with van der Waals surface area (Å²) in [5, 5.41) is 8.84. The summed E-state index contributed by atoms with van der Waals surface area (Å²) in [6, 6.07) is 12.2. The van der Waals surface area contributed by atoms with Crippen LogP contribution in [0.2, 0.25) is 0 Å². The van der Waals surface area contributed by atoms with Gasteiger partial charge in [0.1, 0.15) is 6.04 Å². The molecular weight excluding hydrogens is 396 g/mol. The number of fused-ring (bicyclic) bond motifs is 1. The summed E-state index contributed by atoms with van der Waals surface area (Å²) in [4.78, 5) is 50.2. The molecule has 1 fully saturated rings. The topological polar surface area (TPSA) is 108 Å². The molecule has 4 rings (SSSR count). The van der Waals surface area contributed by atoms with Crippen LogP contribution in [-0.4, -0.2) is 41.1 Å². The normalized spacial score (nSPS) is 18.2. The molecule has 3 N–H and O–H groups in total. The minimum atomic E-state index is -0.953. The third kappa shape index (κ3) is 4.20. The van der Waals surface area contributed by atoms with Gasteiger partial charge in [0.05, 0.1) is 11.1 Å². The van der Waals surface area contributed by atoms with Crippen molar-refractivity contribution in [3.63, 3.8) is 0 Å². The van der Waals surface area contributed by atoms with Crippen molar-refractivity contribution in [1.29, 1.82) is 0 Å². The predicted octanol–water partition coefficient (Wildman–Crippen LogP) is 1.81. The minimum absolute atomic E-state index is 0.103. The third-order valence-electron chi connectivity index (χ3n) is 5.51. The Kier molecular flexibility index (Phi) is 5.81. The molecule has 4 amide bonds. The first-order valence-electron chi connectivity index (χ1n) is 10.4. The molecule has 31 heavy (non-hydrogen) atoms. The molecule has 8 nitrogen and oxygen atoms in total. The second-order valence-electron chi connectivity index (χ2n) is 7.66. The molecule has 160 valence electrons. The van der Waals surface area contributed by atoms with Crippen LogP contribution in [0.3, 0.4) is 0 Å². The lowest BCUT2D eigenvalue weighted by Crippen LogP contribution is -2.54. The van der Waals surface area contributed by atoms with Gasteiger partial charge in [-0.1, -0.05) is 25.1 Å². The van der Waals surface area contributed by atoms with Gasteiger partial charge in [0, 0.05) is 25.2 Å². The van der Waals surface area contributed by atoms with Gasteiger partial charge in [-0.05, 0) is 48.4 Å². The fourth-order valence-electron chi connectivity index (χ4n) is 3.89. The zero-order chi connectivity index (χ0) is 22.0. The van der Waals surface area contributed by atoms with E-state index in [4.69, 9.17) is 0 Å². The third-order valence-corrected chi connectivity index (χ3v) is 5.51. The Balaban J connectivity index is 1.47. The van der Waals surface area contributed by atoms with Crippen LogP contribution in [0, 0.1) is 0 Å². The SMILES string of the molecule is CCNCc1cccc(NCc2ccc3c(c2)C(=O)N(C2CCC(=O)NC2=O)C3=O)c1. The quantitative estimate of drug-likeness (QED) is 0.590. The Hall–Kier alpha value is -3.52.